The SMILES string of the molecule is CC(C)CC(=O)Nc1nccc(-c2ccc(OC[C@@H]3CO[C@@](Cn4ccnc4)(c4ccc(Cl)cc4Cl)O3)cc2)n1. The van der Waals surface area contributed by atoms with E-state index in [-0.39, 0.29) is 30.5 Å². The molecule has 1 fully saturated rings. The molecule has 9 nitrogen and oxygen atoms in total. The lowest BCUT2D eigenvalue weighted by molar-refractivity contribution is -0.189. The molecule has 2 atom stereocenters. The molecule has 11 heteroatoms. The zero-order valence-corrected chi connectivity index (χ0v) is 23.6. The molecule has 0 aliphatic carbocycles. The summed E-state index contributed by atoms with van der Waals surface area (Å²) < 4.78 is 20.6. The molecule has 1 aliphatic heterocycles. The summed E-state index contributed by atoms with van der Waals surface area (Å²) in [6, 6.07) is 14.6. The van der Waals surface area contributed by atoms with Crippen molar-refractivity contribution in [3.8, 4) is 17.0 Å². The van der Waals surface area contributed by atoms with Gasteiger partial charge in [-0.1, -0.05) is 43.1 Å². The van der Waals surface area contributed by atoms with E-state index in [1.165, 1.54) is 0 Å². The Kier molecular flexibility index (Phi) is 8.66. The van der Waals surface area contributed by atoms with Gasteiger partial charge in [-0.2, -0.15) is 0 Å². The van der Waals surface area contributed by atoms with Gasteiger partial charge in [0.25, 0.3) is 0 Å². The maximum Gasteiger partial charge on any atom is 0.229 e. The van der Waals surface area contributed by atoms with Crippen molar-refractivity contribution in [3.05, 3.63) is 89.1 Å². The Labute approximate surface area is 242 Å². The molecule has 1 saturated heterocycles. The second kappa shape index (κ2) is 12.3. The second-order valence-electron chi connectivity index (χ2n) is 9.91. The Morgan fingerprint density at radius 1 is 1.18 bits per heavy atom. The highest BCUT2D eigenvalue weighted by molar-refractivity contribution is 6.35. The van der Waals surface area contributed by atoms with Crippen LogP contribution in [-0.4, -0.2) is 44.7 Å². The van der Waals surface area contributed by atoms with E-state index >= 15 is 0 Å². The molecular formula is C29H29Cl2N5O4. The van der Waals surface area contributed by atoms with Gasteiger partial charge < -0.3 is 18.8 Å². The van der Waals surface area contributed by atoms with Gasteiger partial charge in [-0.3, -0.25) is 10.1 Å². The Bertz CT molecular complexity index is 1450. The van der Waals surface area contributed by atoms with Crippen molar-refractivity contribution >= 4 is 35.1 Å². The second-order valence-corrected chi connectivity index (χ2v) is 10.8. The van der Waals surface area contributed by atoms with E-state index in [0.29, 0.717) is 46.6 Å². The van der Waals surface area contributed by atoms with Gasteiger partial charge in [0.1, 0.15) is 18.5 Å². The number of hydrogen-bond acceptors (Lipinski definition) is 7. The van der Waals surface area contributed by atoms with E-state index in [2.05, 4.69) is 20.3 Å². The molecule has 5 rings (SSSR count). The fourth-order valence-electron chi connectivity index (χ4n) is 4.41. The first-order valence-corrected chi connectivity index (χ1v) is 13.6. The topological polar surface area (TPSA) is 100 Å². The van der Waals surface area contributed by atoms with Crippen LogP contribution in [0, 0.1) is 5.92 Å². The van der Waals surface area contributed by atoms with Crippen molar-refractivity contribution in [2.75, 3.05) is 18.5 Å². The van der Waals surface area contributed by atoms with Gasteiger partial charge >= 0.3 is 0 Å². The third-order valence-corrected chi connectivity index (χ3v) is 6.79. The maximum atomic E-state index is 12.1. The van der Waals surface area contributed by atoms with Crippen LogP contribution in [-0.2, 0) is 26.6 Å². The number of halogens is 2. The molecule has 0 radical (unpaired) electrons. The van der Waals surface area contributed by atoms with Gasteiger partial charge in [-0.15, -0.1) is 0 Å². The number of amides is 1. The van der Waals surface area contributed by atoms with Gasteiger partial charge in [0.05, 0.1) is 30.2 Å². The Morgan fingerprint density at radius 3 is 2.73 bits per heavy atom. The zero-order valence-electron chi connectivity index (χ0n) is 22.1. The minimum absolute atomic E-state index is 0.110. The molecule has 0 spiro atoms. The first-order chi connectivity index (χ1) is 19.3. The molecule has 1 amide bonds. The number of nitrogens with zero attached hydrogens (tertiary/aromatic N) is 4. The summed E-state index contributed by atoms with van der Waals surface area (Å²) >= 11 is 12.7. The number of carbonyl (C=O) groups excluding carboxylic acids is 1. The van der Waals surface area contributed by atoms with Crippen molar-refractivity contribution in [2.24, 2.45) is 5.92 Å². The van der Waals surface area contributed by atoms with Crippen molar-refractivity contribution in [1.82, 2.24) is 19.5 Å². The van der Waals surface area contributed by atoms with Crippen molar-refractivity contribution in [2.45, 2.75) is 38.7 Å². The zero-order chi connectivity index (χ0) is 28.1. The van der Waals surface area contributed by atoms with Crippen LogP contribution in [0.15, 0.2) is 73.4 Å². The molecule has 0 saturated carbocycles. The highest BCUT2D eigenvalue weighted by Gasteiger charge is 2.45. The number of anilines is 1. The van der Waals surface area contributed by atoms with Gasteiger partial charge in [-0.05, 0) is 48.4 Å². The predicted molar refractivity (Wildman–Crippen MR) is 152 cm³/mol. The average molecular weight is 582 g/mol. The van der Waals surface area contributed by atoms with E-state index < -0.39 is 5.79 Å². The fraction of sp³-hybridized carbons (Fsp3) is 0.310. The molecule has 1 N–H and O–H groups in total. The molecule has 3 heterocycles. The van der Waals surface area contributed by atoms with E-state index in [1.807, 2.05) is 54.9 Å². The van der Waals surface area contributed by atoms with Gasteiger partial charge in [0.2, 0.25) is 17.6 Å². The van der Waals surface area contributed by atoms with Crippen LogP contribution < -0.4 is 10.1 Å². The molecular weight excluding hydrogens is 553 g/mol. The first-order valence-electron chi connectivity index (χ1n) is 12.9. The number of carbonyl (C=O) groups is 1. The minimum atomic E-state index is -1.12. The Morgan fingerprint density at radius 2 is 2.00 bits per heavy atom. The van der Waals surface area contributed by atoms with Crippen LogP contribution in [0.5, 0.6) is 5.75 Å². The molecule has 4 aromatic rings. The van der Waals surface area contributed by atoms with Crippen molar-refractivity contribution in [3.63, 3.8) is 0 Å². The predicted octanol–water partition coefficient (Wildman–Crippen LogP) is 5.98. The monoisotopic (exact) mass is 581 g/mol. The number of rotatable bonds is 10. The highest BCUT2D eigenvalue weighted by atomic mass is 35.5. The Hall–Kier alpha value is -3.50. The molecule has 0 unspecified atom stereocenters. The summed E-state index contributed by atoms with van der Waals surface area (Å²) in [5, 5.41) is 3.74. The normalized spacial score (nSPS) is 18.7. The summed E-state index contributed by atoms with van der Waals surface area (Å²) in [6.45, 7) is 4.92. The van der Waals surface area contributed by atoms with Crippen LogP contribution in [0.1, 0.15) is 25.8 Å². The third-order valence-electron chi connectivity index (χ3n) is 6.24. The standard InChI is InChI=1S/C29H29Cl2N5O4/c1-19(2)13-27(37)35-28-33-10-9-26(34-28)20-3-6-22(7-4-20)38-15-23-16-39-29(40-23,17-36-12-11-32-18-36)24-8-5-21(30)14-25(24)31/h3-12,14,18-19,23H,13,15-17H2,1-2H3,(H,33,34,35,37)/t23-,29-/m1/s1. The van der Waals surface area contributed by atoms with Gasteiger partial charge in [-0.25, -0.2) is 15.0 Å². The van der Waals surface area contributed by atoms with Gasteiger partial charge in [0, 0.05) is 41.2 Å². The number of hydrogen-bond donors (Lipinski definition) is 1. The van der Waals surface area contributed by atoms with Crippen LogP contribution in [0.2, 0.25) is 10.0 Å². The largest absolute Gasteiger partial charge is 0.491 e. The van der Waals surface area contributed by atoms with Crippen molar-refractivity contribution < 1.29 is 19.0 Å². The summed E-state index contributed by atoms with van der Waals surface area (Å²) in [5.74, 6) is -0.0257. The fourth-order valence-corrected chi connectivity index (χ4v) is 4.97. The van der Waals surface area contributed by atoms with Crippen molar-refractivity contribution in [1.29, 1.82) is 0 Å². The quantitative estimate of drug-likeness (QED) is 0.246. The molecule has 0 bridgehead atoms. The lowest BCUT2D eigenvalue weighted by atomic mass is 10.1. The van der Waals surface area contributed by atoms with E-state index in [1.54, 1.807) is 36.9 Å². The lowest BCUT2D eigenvalue weighted by Gasteiger charge is -2.30. The minimum Gasteiger partial charge on any atom is -0.491 e. The highest BCUT2D eigenvalue weighted by Crippen LogP contribution is 2.40. The molecule has 2 aromatic heterocycles. The lowest BCUT2D eigenvalue weighted by Crippen LogP contribution is -2.34. The summed E-state index contributed by atoms with van der Waals surface area (Å²) in [4.78, 5) is 24.8. The number of imidazole rings is 1. The molecule has 2 aromatic carbocycles. The number of nitrogens with one attached hydrogen (secondary N) is 1. The summed E-state index contributed by atoms with van der Waals surface area (Å²) in [6.07, 6.45) is 6.93. The smallest absolute Gasteiger partial charge is 0.229 e. The van der Waals surface area contributed by atoms with Crippen LogP contribution >= 0.6 is 23.2 Å². The first kappa shape index (κ1) is 28.0. The molecule has 208 valence electrons. The number of benzene rings is 2. The number of aromatic nitrogens is 4. The van der Waals surface area contributed by atoms with Gasteiger partial charge in [0.15, 0.2) is 0 Å². The maximum absolute atomic E-state index is 12.1. The third kappa shape index (κ3) is 6.79. The summed E-state index contributed by atoms with van der Waals surface area (Å²) in [5.41, 5.74) is 2.24. The Balaban J connectivity index is 1.23. The molecule has 40 heavy (non-hydrogen) atoms. The molecule has 1 aliphatic rings. The van der Waals surface area contributed by atoms with E-state index in [4.69, 9.17) is 37.4 Å². The van der Waals surface area contributed by atoms with Crippen LogP contribution in [0.3, 0.4) is 0 Å². The van der Waals surface area contributed by atoms with E-state index in [0.717, 1.165) is 5.56 Å². The summed E-state index contributed by atoms with van der Waals surface area (Å²) in [7, 11) is 0. The average Bonchev–Trinajstić information content (AvgIpc) is 3.58. The van der Waals surface area contributed by atoms with Crippen LogP contribution in [0.4, 0.5) is 5.95 Å². The van der Waals surface area contributed by atoms with E-state index in [9.17, 15) is 4.79 Å². The van der Waals surface area contributed by atoms with Crippen LogP contribution in [0.25, 0.3) is 11.3 Å². The number of ether oxygens (including phenoxy) is 3.